The lowest BCUT2D eigenvalue weighted by Crippen LogP contribution is -2.44. The lowest BCUT2D eigenvalue weighted by molar-refractivity contribution is 0.0641. The first-order chi connectivity index (χ1) is 8.66. The molecule has 93 valence electrons. The molecule has 0 unspecified atom stereocenters. The molecule has 2 aliphatic rings. The highest BCUT2D eigenvalue weighted by molar-refractivity contribution is 5.93. The van der Waals surface area contributed by atoms with Gasteiger partial charge in [0.1, 0.15) is 5.69 Å². The average Bonchev–Trinajstić information content (AvgIpc) is 2.97. The number of carbonyl (C=O) groups excluding carboxylic acids is 1. The van der Waals surface area contributed by atoms with Crippen LogP contribution in [0.3, 0.4) is 0 Å². The number of aromatic nitrogens is 2. The third-order valence-corrected chi connectivity index (χ3v) is 3.39. The fraction of sp³-hybridized carbons (Fsp3) is 0.357. The molecule has 0 atom stereocenters. The lowest BCUT2D eigenvalue weighted by atomic mass is 10.0. The van der Waals surface area contributed by atoms with Crippen LogP contribution in [0.4, 0.5) is 0 Å². The van der Waals surface area contributed by atoms with Crippen LogP contribution >= 0.6 is 0 Å². The third kappa shape index (κ3) is 1.84. The Hall–Kier alpha value is -1.32. The van der Waals surface area contributed by atoms with Crippen molar-refractivity contribution in [2.24, 2.45) is 0 Å². The number of carbonyl (C=O) groups is 1. The molecule has 5 radical (unpaired) electrons. The van der Waals surface area contributed by atoms with Crippen molar-refractivity contribution in [3.63, 3.8) is 0 Å². The van der Waals surface area contributed by atoms with E-state index in [0.29, 0.717) is 5.69 Å². The molecule has 1 aliphatic heterocycles. The molecule has 1 aromatic rings. The maximum Gasteiger partial charge on any atom is 0.272 e. The van der Waals surface area contributed by atoms with Crippen molar-refractivity contribution in [1.29, 1.82) is 0 Å². The van der Waals surface area contributed by atoms with Crippen LogP contribution in [-0.4, -0.2) is 33.2 Å². The molecule has 1 aliphatic carbocycles. The summed E-state index contributed by atoms with van der Waals surface area (Å²) in [6.45, 7) is 5.61. The summed E-state index contributed by atoms with van der Waals surface area (Å²) in [7, 11) is 0. The zero-order chi connectivity index (χ0) is 12.7. The Balaban J connectivity index is 1.88. The van der Waals surface area contributed by atoms with E-state index in [2.05, 4.69) is 5.10 Å². The summed E-state index contributed by atoms with van der Waals surface area (Å²) in [5.74, 6) is 1.15. The standard InChI is InChI=1S/C14H16N3O/c1-10(2)16-7-8-17-13(14(16)18)9-12(15-17)11-5-3-4-6-11/h3-6,9-10H,7-8H2,1-2H3. The van der Waals surface area contributed by atoms with Crippen LogP contribution < -0.4 is 0 Å². The summed E-state index contributed by atoms with van der Waals surface area (Å²) < 4.78 is 1.82. The van der Waals surface area contributed by atoms with Crippen LogP contribution in [0.15, 0.2) is 6.07 Å². The van der Waals surface area contributed by atoms with E-state index in [4.69, 9.17) is 0 Å². The van der Waals surface area contributed by atoms with Crippen LogP contribution in [-0.2, 0) is 6.54 Å². The molecule has 0 N–H and O–H groups in total. The Morgan fingerprint density at radius 3 is 2.61 bits per heavy atom. The molecule has 4 heteroatoms. The lowest BCUT2D eigenvalue weighted by Gasteiger charge is -2.30. The predicted octanol–water partition coefficient (Wildman–Crippen LogP) is 1.50. The smallest absolute Gasteiger partial charge is 0.272 e. The Labute approximate surface area is 108 Å². The highest BCUT2D eigenvalue weighted by Gasteiger charge is 2.30. The largest absolute Gasteiger partial charge is 0.333 e. The zero-order valence-corrected chi connectivity index (χ0v) is 10.6. The molecule has 18 heavy (non-hydrogen) atoms. The maximum absolute atomic E-state index is 12.3. The average molecular weight is 242 g/mol. The van der Waals surface area contributed by atoms with Crippen molar-refractivity contribution >= 4 is 5.91 Å². The number of hydrogen-bond donors (Lipinski definition) is 0. The summed E-state index contributed by atoms with van der Waals surface area (Å²) in [6, 6.07) is 2.13. The number of nitrogens with zero attached hydrogens (tertiary/aromatic N) is 3. The molecule has 1 saturated carbocycles. The fourth-order valence-electron chi connectivity index (χ4n) is 2.39. The normalized spacial score (nSPS) is 20.8. The van der Waals surface area contributed by atoms with Crippen LogP contribution in [0.25, 0.3) is 0 Å². The first-order valence-electron chi connectivity index (χ1n) is 6.28. The van der Waals surface area contributed by atoms with Crippen molar-refractivity contribution in [1.82, 2.24) is 14.7 Å². The molecular weight excluding hydrogens is 226 g/mol. The van der Waals surface area contributed by atoms with Crippen LogP contribution in [0.1, 0.15) is 30.0 Å². The number of rotatable bonds is 2. The second-order valence-electron chi connectivity index (χ2n) is 4.90. The molecule has 1 aromatic heterocycles. The molecule has 0 spiro atoms. The van der Waals surface area contributed by atoms with Gasteiger partial charge in [0.25, 0.3) is 5.91 Å². The highest BCUT2D eigenvalue weighted by atomic mass is 16.2. The molecule has 0 aromatic carbocycles. The van der Waals surface area contributed by atoms with Crippen molar-refractivity contribution in [2.45, 2.75) is 26.4 Å². The van der Waals surface area contributed by atoms with Gasteiger partial charge in [0.15, 0.2) is 0 Å². The summed E-state index contributed by atoms with van der Waals surface area (Å²) in [5, 5.41) is 4.51. The monoisotopic (exact) mass is 242 g/mol. The van der Waals surface area contributed by atoms with Gasteiger partial charge in [0.05, 0.1) is 12.2 Å². The van der Waals surface area contributed by atoms with Gasteiger partial charge in [-0.2, -0.15) is 5.10 Å². The summed E-state index contributed by atoms with van der Waals surface area (Å²) in [6.07, 6.45) is 7.99. The van der Waals surface area contributed by atoms with Gasteiger partial charge in [-0.1, -0.05) is 0 Å². The van der Waals surface area contributed by atoms with Crippen LogP contribution in [0.5, 0.6) is 0 Å². The summed E-state index contributed by atoms with van der Waals surface area (Å²) in [5.41, 5.74) is 1.58. The second kappa shape index (κ2) is 4.41. The van der Waals surface area contributed by atoms with E-state index < -0.39 is 0 Å². The molecule has 1 amide bonds. The van der Waals surface area contributed by atoms with E-state index in [0.717, 1.165) is 24.7 Å². The van der Waals surface area contributed by atoms with Gasteiger partial charge in [-0.15, -0.1) is 0 Å². The second-order valence-corrected chi connectivity index (χ2v) is 4.90. The first-order valence-corrected chi connectivity index (χ1v) is 6.28. The minimum Gasteiger partial charge on any atom is -0.333 e. The summed E-state index contributed by atoms with van der Waals surface area (Å²) >= 11 is 0. The van der Waals surface area contributed by atoms with E-state index in [-0.39, 0.29) is 11.9 Å². The first kappa shape index (κ1) is 11.8. The van der Waals surface area contributed by atoms with E-state index in [1.54, 1.807) is 0 Å². The van der Waals surface area contributed by atoms with Gasteiger partial charge >= 0.3 is 0 Å². The Morgan fingerprint density at radius 1 is 1.22 bits per heavy atom. The number of hydrogen-bond acceptors (Lipinski definition) is 2. The zero-order valence-electron chi connectivity index (χ0n) is 10.6. The van der Waals surface area contributed by atoms with Crippen LogP contribution in [0, 0.1) is 31.6 Å². The van der Waals surface area contributed by atoms with Gasteiger partial charge in [-0.05, 0) is 45.6 Å². The van der Waals surface area contributed by atoms with Gasteiger partial charge < -0.3 is 4.90 Å². The Morgan fingerprint density at radius 2 is 1.94 bits per heavy atom. The van der Waals surface area contributed by atoms with Gasteiger partial charge in [0.2, 0.25) is 0 Å². The Kier molecular flexibility index (Phi) is 2.88. The number of amides is 1. The third-order valence-electron chi connectivity index (χ3n) is 3.39. The quantitative estimate of drug-likeness (QED) is 0.788. The predicted molar refractivity (Wildman–Crippen MR) is 67.9 cm³/mol. The fourth-order valence-corrected chi connectivity index (χ4v) is 2.39. The van der Waals surface area contributed by atoms with Gasteiger partial charge in [-0.3, -0.25) is 9.48 Å². The maximum atomic E-state index is 12.3. The molecule has 1 fully saturated rings. The van der Waals surface area contributed by atoms with Gasteiger partial charge in [0, 0.05) is 18.5 Å². The minimum atomic E-state index is 0.0848. The van der Waals surface area contributed by atoms with Crippen molar-refractivity contribution in [3.8, 4) is 0 Å². The molecule has 0 bridgehead atoms. The van der Waals surface area contributed by atoms with Gasteiger partial charge in [-0.25, -0.2) is 0 Å². The minimum absolute atomic E-state index is 0.0848. The van der Waals surface area contributed by atoms with E-state index in [9.17, 15) is 4.79 Å². The van der Waals surface area contributed by atoms with Crippen LogP contribution in [0.2, 0.25) is 0 Å². The SMILES string of the molecule is CC(C)N1CCn2nc([C]3[CH][CH][CH][CH]3)cc2C1=O. The number of fused-ring (bicyclic) bond motifs is 1. The Bertz CT molecular complexity index is 458. The van der Waals surface area contributed by atoms with E-state index >= 15 is 0 Å². The van der Waals surface area contributed by atoms with Crippen molar-refractivity contribution in [2.75, 3.05) is 6.54 Å². The van der Waals surface area contributed by atoms with E-state index in [1.165, 1.54) is 0 Å². The molecular formula is C14H16N3O. The molecule has 3 rings (SSSR count). The highest BCUT2D eigenvalue weighted by Crippen LogP contribution is 2.30. The van der Waals surface area contributed by atoms with E-state index in [1.807, 2.05) is 55.2 Å². The molecule has 4 nitrogen and oxygen atoms in total. The van der Waals surface area contributed by atoms with Crippen molar-refractivity contribution < 1.29 is 4.79 Å². The molecule has 2 heterocycles. The summed E-state index contributed by atoms with van der Waals surface area (Å²) in [4.78, 5) is 14.2. The van der Waals surface area contributed by atoms with Crippen molar-refractivity contribution in [3.05, 3.63) is 49.1 Å². The molecule has 0 saturated heterocycles. The topological polar surface area (TPSA) is 38.1 Å².